The maximum absolute atomic E-state index is 11.2. The fourth-order valence-corrected chi connectivity index (χ4v) is 3.09. The van der Waals surface area contributed by atoms with E-state index < -0.39 is 5.91 Å². The minimum Gasteiger partial charge on any atom is -0.513 e. The lowest BCUT2D eigenvalue weighted by Crippen LogP contribution is -2.14. The zero-order chi connectivity index (χ0) is 19.9. The van der Waals surface area contributed by atoms with Gasteiger partial charge in [-0.3, -0.25) is 10.0 Å². The first-order chi connectivity index (χ1) is 13.6. The van der Waals surface area contributed by atoms with Crippen molar-refractivity contribution in [3.05, 3.63) is 83.9 Å². The summed E-state index contributed by atoms with van der Waals surface area (Å²) in [5.41, 5.74) is 5.40. The first-order valence-electron chi connectivity index (χ1n) is 9.09. The van der Waals surface area contributed by atoms with Crippen LogP contribution in [0.15, 0.2) is 66.9 Å². The monoisotopic (exact) mass is 377 g/mol. The van der Waals surface area contributed by atoms with Gasteiger partial charge in [0.2, 0.25) is 0 Å². The van der Waals surface area contributed by atoms with Crippen molar-refractivity contribution in [1.29, 1.82) is 0 Å². The Morgan fingerprint density at radius 1 is 1.18 bits per heavy atom. The number of hydrogen-bond donors (Lipinski definition) is 3. The van der Waals surface area contributed by atoms with Gasteiger partial charge in [-0.25, -0.2) is 10.5 Å². The maximum Gasteiger partial charge on any atom is 0.267 e. The minimum absolute atomic E-state index is 0.144. The number of nitrogens with one attached hydrogen (secondary N) is 1. The van der Waals surface area contributed by atoms with Crippen molar-refractivity contribution in [2.45, 2.75) is 25.8 Å². The molecule has 0 unspecified atom stereocenters. The zero-order valence-corrected chi connectivity index (χ0v) is 15.5. The van der Waals surface area contributed by atoms with Crippen LogP contribution in [0.5, 0.6) is 0 Å². The number of amides is 1. The topological polar surface area (TPSA) is 87.4 Å². The first kappa shape index (κ1) is 19.4. The molecule has 0 aliphatic rings. The number of aliphatic hydroxyl groups excluding tert-OH is 1. The lowest BCUT2D eigenvalue weighted by Gasteiger charge is -2.09. The number of aromatic nitrogens is 2. The largest absolute Gasteiger partial charge is 0.513 e. The second kappa shape index (κ2) is 9.01. The molecule has 0 saturated carbocycles. The van der Waals surface area contributed by atoms with Crippen LogP contribution in [0.2, 0.25) is 0 Å². The average Bonchev–Trinajstić information content (AvgIpc) is 3.06. The smallest absolute Gasteiger partial charge is 0.267 e. The highest BCUT2D eigenvalue weighted by atomic mass is 16.5. The highest BCUT2D eigenvalue weighted by Gasteiger charge is 2.11. The fourth-order valence-electron chi connectivity index (χ4n) is 3.09. The van der Waals surface area contributed by atoms with Crippen molar-refractivity contribution in [3.63, 3.8) is 0 Å². The molecule has 2 aromatic carbocycles. The van der Waals surface area contributed by atoms with Gasteiger partial charge in [-0.1, -0.05) is 43.0 Å². The van der Waals surface area contributed by atoms with Crippen LogP contribution in [-0.2, 0) is 24.2 Å². The summed E-state index contributed by atoms with van der Waals surface area (Å²) in [5, 5.41) is 18.1. The number of carbonyl (C=O) groups is 1. The summed E-state index contributed by atoms with van der Waals surface area (Å²) in [5.74, 6) is 0.496. The van der Waals surface area contributed by atoms with Crippen LogP contribution in [-0.4, -0.2) is 25.8 Å². The molecule has 0 radical (unpaired) electrons. The second-order valence-electron chi connectivity index (χ2n) is 6.54. The summed E-state index contributed by atoms with van der Waals surface area (Å²) >= 11 is 0. The van der Waals surface area contributed by atoms with Crippen LogP contribution in [0.25, 0.3) is 17.1 Å². The highest BCUT2D eigenvalue weighted by Crippen LogP contribution is 2.21. The van der Waals surface area contributed by atoms with Crippen molar-refractivity contribution in [2.24, 2.45) is 0 Å². The van der Waals surface area contributed by atoms with E-state index in [0.29, 0.717) is 13.0 Å². The van der Waals surface area contributed by atoms with Gasteiger partial charge in [-0.05, 0) is 35.8 Å². The van der Waals surface area contributed by atoms with E-state index in [0.717, 1.165) is 35.3 Å². The van der Waals surface area contributed by atoms with Gasteiger partial charge in [0.1, 0.15) is 5.82 Å². The molecule has 0 aliphatic carbocycles. The predicted molar refractivity (Wildman–Crippen MR) is 109 cm³/mol. The summed E-state index contributed by atoms with van der Waals surface area (Å²) in [7, 11) is 0. The van der Waals surface area contributed by atoms with E-state index in [9.17, 15) is 9.90 Å². The molecule has 3 N–H and O–H groups in total. The van der Waals surface area contributed by atoms with E-state index in [1.54, 1.807) is 11.6 Å². The zero-order valence-electron chi connectivity index (χ0n) is 15.5. The fraction of sp³-hybridized carbons (Fsp3) is 0.182. The standard InChI is InChI=1S/C22H23N3O3/c1-16(26)13-14-25-20-10-7-18(9-12-22(27)24-28)15-19(20)23-21(25)11-8-17-5-3-2-4-6-17/h2-7,9-10,12,15,26,28H,1,8,11,13-14H2,(H,24,27)/b12-9+. The third kappa shape index (κ3) is 4.86. The molecular weight excluding hydrogens is 354 g/mol. The van der Waals surface area contributed by atoms with Crippen molar-refractivity contribution in [2.75, 3.05) is 0 Å². The normalized spacial score (nSPS) is 11.2. The number of benzene rings is 2. The van der Waals surface area contributed by atoms with Crippen LogP contribution in [0.4, 0.5) is 0 Å². The molecule has 1 aromatic heterocycles. The second-order valence-corrected chi connectivity index (χ2v) is 6.54. The SMILES string of the molecule is C=C(O)CCn1c(CCc2ccccc2)nc2cc(/C=C/C(=O)NO)ccc21. The molecule has 1 heterocycles. The average molecular weight is 377 g/mol. The number of aliphatic hydroxyl groups is 1. The maximum atomic E-state index is 11.2. The van der Waals surface area contributed by atoms with Crippen LogP contribution < -0.4 is 5.48 Å². The third-order valence-electron chi connectivity index (χ3n) is 4.49. The van der Waals surface area contributed by atoms with E-state index in [-0.39, 0.29) is 5.76 Å². The molecule has 6 nitrogen and oxygen atoms in total. The Balaban J connectivity index is 1.90. The first-order valence-corrected chi connectivity index (χ1v) is 9.09. The van der Waals surface area contributed by atoms with E-state index in [4.69, 9.17) is 10.2 Å². The van der Waals surface area contributed by atoms with E-state index in [1.807, 2.05) is 36.4 Å². The van der Waals surface area contributed by atoms with Gasteiger partial charge in [0.05, 0.1) is 16.8 Å². The molecule has 3 aromatic rings. The molecule has 6 heteroatoms. The number of aryl methyl sites for hydroxylation is 3. The number of hydroxylamine groups is 1. The number of carbonyl (C=O) groups excluding carboxylic acids is 1. The summed E-state index contributed by atoms with van der Waals surface area (Å²) in [6, 6.07) is 16.0. The summed E-state index contributed by atoms with van der Waals surface area (Å²) in [6.45, 7) is 4.17. The van der Waals surface area contributed by atoms with Crippen LogP contribution >= 0.6 is 0 Å². The summed E-state index contributed by atoms with van der Waals surface area (Å²) in [4.78, 5) is 16.0. The number of allylic oxidation sites excluding steroid dienone is 1. The number of imidazole rings is 1. The van der Waals surface area contributed by atoms with Crippen LogP contribution in [0.1, 0.15) is 23.4 Å². The van der Waals surface area contributed by atoms with Gasteiger partial charge in [-0.2, -0.15) is 0 Å². The molecular formula is C22H23N3O3. The Hall–Kier alpha value is -3.38. The van der Waals surface area contributed by atoms with Crippen molar-refractivity contribution in [3.8, 4) is 0 Å². The highest BCUT2D eigenvalue weighted by molar-refractivity contribution is 5.91. The predicted octanol–water partition coefficient (Wildman–Crippen LogP) is 3.80. The van der Waals surface area contributed by atoms with Gasteiger partial charge in [0.15, 0.2) is 0 Å². The molecule has 1 amide bonds. The van der Waals surface area contributed by atoms with Gasteiger partial charge >= 0.3 is 0 Å². The Labute approximate surface area is 163 Å². The van der Waals surface area contributed by atoms with Gasteiger partial charge in [-0.15, -0.1) is 0 Å². The van der Waals surface area contributed by atoms with E-state index in [2.05, 4.69) is 23.3 Å². The molecule has 0 aliphatic heterocycles. The van der Waals surface area contributed by atoms with Crippen LogP contribution in [0.3, 0.4) is 0 Å². The number of nitrogens with zero attached hydrogens (tertiary/aromatic N) is 2. The molecule has 0 fully saturated rings. The molecule has 0 bridgehead atoms. The van der Waals surface area contributed by atoms with Gasteiger partial charge in [0, 0.05) is 25.5 Å². The Morgan fingerprint density at radius 3 is 2.68 bits per heavy atom. The van der Waals surface area contributed by atoms with Gasteiger partial charge < -0.3 is 9.67 Å². The Morgan fingerprint density at radius 2 is 1.96 bits per heavy atom. The molecule has 3 rings (SSSR count). The Bertz CT molecular complexity index is 1010. The third-order valence-corrected chi connectivity index (χ3v) is 4.49. The number of rotatable bonds is 8. The quantitative estimate of drug-likeness (QED) is 0.241. The number of hydrogen-bond acceptors (Lipinski definition) is 4. The molecule has 0 saturated heterocycles. The summed E-state index contributed by atoms with van der Waals surface area (Å²) in [6.07, 6.45) is 4.97. The van der Waals surface area contributed by atoms with E-state index >= 15 is 0 Å². The van der Waals surface area contributed by atoms with Crippen molar-refractivity contribution in [1.82, 2.24) is 15.0 Å². The molecule has 28 heavy (non-hydrogen) atoms. The molecule has 0 spiro atoms. The van der Waals surface area contributed by atoms with Gasteiger partial charge in [0.25, 0.3) is 5.91 Å². The molecule has 144 valence electrons. The minimum atomic E-state index is -0.587. The molecule has 0 atom stereocenters. The number of fused-ring (bicyclic) bond motifs is 1. The van der Waals surface area contributed by atoms with Crippen molar-refractivity contribution < 1.29 is 15.1 Å². The Kier molecular flexibility index (Phi) is 6.24. The lowest BCUT2D eigenvalue weighted by atomic mass is 10.1. The van der Waals surface area contributed by atoms with Crippen LogP contribution in [0, 0.1) is 0 Å². The van der Waals surface area contributed by atoms with E-state index in [1.165, 1.54) is 11.6 Å². The van der Waals surface area contributed by atoms with Crippen molar-refractivity contribution >= 4 is 23.0 Å². The lowest BCUT2D eigenvalue weighted by molar-refractivity contribution is -0.124. The summed E-state index contributed by atoms with van der Waals surface area (Å²) < 4.78 is 2.10.